The van der Waals surface area contributed by atoms with Crippen LogP contribution in [0.4, 0.5) is 8.78 Å². The van der Waals surface area contributed by atoms with Crippen LogP contribution in [0.3, 0.4) is 0 Å². The summed E-state index contributed by atoms with van der Waals surface area (Å²) in [4.78, 5) is 3.64. The fraction of sp³-hybridized carbons (Fsp3) is 0.833. The molecule has 0 fully saturated rings. The van der Waals surface area contributed by atoms with Gasteiger partial charge in [0.25, 0.3) is 6.43 Å². The number of hydrogen-bond acceptors (Lipinski definition) is 1. The number of alkyl halides is 2. The standard InChI is InChI=1S/C6H11F2N/c1-4(2)9-5(3)6(7)8/h4,6H,1-3H3/b9-5+. The molecule has 0 aliphatic rings. The first kappa shape index (κ1) is 8.53. The van der Waals surface area contributed by atoms with Crippen LogP contribution in [-0.4, -0.2) is 18.2 Å². The Morgan fingerprint density at radius 1 is 1.33 bits per heavy atom. The first-order chi connectivity index (χ1) is 4.04. The minimum Gasteiger partial charge on any atom is -0.286 e. The highest BCUT2D eigenvalue weighted by atomic mass is 19.3. The van der Waals surface area contributed by atoms with Crippen LogP contribution < -0.4 is 0 Å². The van der Waals surface area contributed by atoms with Crippen LogP contribution >= 0.6 is 0 Å². The maximum absolute atomic E-state index is 11.7. The third-order valence-corrected chi connectivity index (χ3v) is 0.778. The lowest BCUT2D eigenvalue weighted by atomic mass is 10.4. The van der Waals surface area contributed by atoms with Crippen LogP contribution in [0.1, 0.15) is 20.8 Å². The zero-order valence-electron chi connectivity index (χ0n) is 5.86. The molecule has 0 atom stereocenters. The Kier molecular flexibility index (Phi) is 3.35. The molecule has 54 valence electrons. The van der Waals surface area contributed by atoms with Gasteiger partial charge in [0.05, 0.1) is 5.71 Å². The smallest absolute Gasteiger partial charge is 0.275 e. The van der Waals surface area contributed by atoms with E-state index in [2.05, 4.69) is 4.99 Å². The van der Waals surface area contributed by atoms with Crippen LogP contribution in [-0.2, 0) is 0 Å². The number of rotatable bonds is 2. The summed E-state index contributed by atoms with van der Waals surface area (Å²) >= 11 is 0. The fourth-order valence-corrected chi connectivity index (χ4v) is 0.464. The van der Waals surface area contributed by atoms with Gasteiger partial charge in [-0.15, -0.1) is 0 Å². The highest BCUT2D eigenvalue weighted by molar-refractivity contribution is 5.84. The number of aliphatic imine (C=N–C) groups is 1. The highest BCUT2D eigenvalue weighted by Crippen LogP contribution is 1.98. The molecular formula is C6H11F2N. The van der Waals surface area contributed by atoms with Crippen LogP contribution in [0, 0.1) is 0 Å². The van der Waals surface area contributed by atoms with Gasteiger partial charge in [-0.1, -0.05) is 0 Å². The summed E-state index contributed by atoms with van der Waals surface area (Å²) in [7, 11) is 0. The van der Waals surface area contributed by atoms with E-state index in [1.54, 1.807) is 13.8 Å². The minimum absolute atomic E-state index is 0.0287. The van der Waals surface area contributed by atoms with Crippen molar-refractivity contribution in [2.75, 3.05) is 0 Å². The van der Waals surface area contributed by atoms with Crippen LogP contribution in [0.2, 0.25) is 0 Å². The first-order valence-corrected chi connectivity index (χ1v) is 2.86. The summed E-state index contributed by atoms with van der Waals surface area (Å²) in [6, 6.07) is -0.0287. The molecule has 0 aromatic heterocycles. The summed E-state index contributed by atoms with van der Waals surface area (Å²) < 4.78 is 23.3. The second-order valence-electron chi connectivity index (χ2n) is 2.16. The lowest BCUT2D eigenvalue weighted by molar-refractivity contribution is 0.224. The average molecular weight is 135 g/mol. The molecule has 0 heterocycles. The number of hydrogen-bond donors (Lipinski definition) is 0. The van der Waals surface area contributed by atoms with Crippen molar-refractivity contribution in [3.8, 4) is 0 Å². The molecule has 0 unspecified atom stereocenters. The molecule has 0 aromatic rings. The van der Waals surface area contributed by atoms with E-state index >= 15 is 0 Å². The Morgan fingerprint density at radius 3 is 1.89 bits per heavy atom. The highest BCUT2D eigenvalue weighted by Gasteiger charge is 2.05. The first-order valence-electron chi connectivity index (χ1n) is 2.86. The Balaban J connectivity index is 3.84. The van der Waals surface area contributed by atoms with Crippen molar-refractivity contribution in [1.82, 2.24) is 0 Å². The van der Waals surface area contributed by atoms with E-state index in [9.17, 15) is 8.78 Å². The third-order valence-electron chi connectivity index (χ3n) is 0.778. The molecule has 0 spiro atoms. The maximum atomic E-state index is 11.7. The van der Waals surface area contributed by atoms with Crippen molar-refractivity contribution in [3.05, 3.63) is 0 Å². The lowest BCUT2D eigenvalue weighted by Gasteiger charge is -1.99. The number of nitrogens with zero attached hydrogens (tertiary/aromatic N) is 1. The Labute approximate surface area is 53.8 Å². The molecule has 9 heavy (non-hydrogen) atoms. The minimum atomic E-state index is -2.40. The largest absolute Gasteiger partial charge is 0.286 e. The Morgan fingerprint density at radius 2 is 1.78 bits per heavy atom. The van der Waals surface area contributed by atoms with Crippen LogP contribution in [0.5, 0.6) is 0 Å². The summed E-state index contributed by atoms with van der Waals surface area (Å²) in [5, 5.41) is 0. The molecule has 0 rings (SSSR count). The van der Waals surface area contributed by atoms with Gasteiger partial charge in [-0.25, -0.2) is 8.78 Å². The second-order valence-corrected chi connectivity index (χ2v) is 2.16. The van der Waals surface area contributed by atoms with Gasteiger partial charge >= 0.3 is 0 Å². The molecular weight excluding hydrogens is 124 g/mol. The lowest BCUT2D eigenvalue weighted by Crippen LogP contribution is -2.07. The summed E-state index contributed by atoms with van der Waals surface area (Å²) in [5.74, 6) is 0. The molecule has 0 N–H and O–H groups in total. The quantitative estimate of drug-likeness (QED) is 0.514. The van der Waals surface area contributed by atoms with Crippen LogP contribution in [0.15, 0.2) is 4.99 Å². The van der Waals surface area contributed by atoms with Gasteiger partial charge in [0.15, 0.2) is 0 Å². The molecule has 0 saturated carbocycles. The van der Waals surface area contributed by atoms with E-state index in [0.29, 0.717) is 0 Å². The molecule has 0 aliphatic carbocycles. The van der Waals surface area contributed by atoms with Crippen molar-refractivity contribution < 1.29 is 8.78 Å². The predicted molar refractivity (Wildman–Crippen MR) is 34.2 cm³/mol. The van der Waals surface area contributed by atoms with Crippen LogP contribution in [0.25, 0.3) is 0 Å². The van der Waals surface area contributed by atoms with Crippen molar-refractivity contribution >= 4 is 5.71 Å². The van der Waals surface area contributed by atoms with E-state index in [1.807, 2.05) is 0 Å². The number of halogens is 2. The zero-order valence-corrected chi connectivity index (χ0v) is 5.86. The van der Waals surface area contributed by atoms with Gasteiger partial charge in [-0.3, -0.25) is 4.99 Å². The van der Waals surface area contributed by atoms with E-state index < -0.39 is 6.43 Å². The topological polar surface area (TPSA) is 12.4 Å². The van der Waals surface area contributed by atoms with E-state index in [0.717, 1.165) is 0 Å². The molecule has 0 aliphatic heterocycles. The van der Waals surface area contributed by atoms with Gasteiger partial charge in [0.2, 0.25) is 0 Å². The van der Waals surface area contributed by atoms with Gasteiger partial charge in [0, 0.05) is 6.04 Å². The van der Waals surface area contributed by atoms with Gasteiger partial charge in [-0.2, -0.15) is 0 Å². The van der Waals surface area contributed by atoms with Gasteiger partial charge in [0.1, 0.15) is 0 Å². The summed E-state index contributed by atoms with van der Waals surface area (Å²) in [6.45, 7) is 4.88. The van der Waals surface area contributed by atoms with E-state index in [4.69, 9.17) is 0 Å². The molecule has 1 nitrogen and oxygen atoms in total. The van der Waals surface area contributed by atoms with Crippen molar-refractivity contribution in [1.29, 1.82) is 0 Å². The van der Waals surface area contributed by atoms with Gasteiger partial charge in [-0.05, 0) is 20.8 Å². The predicted octanol–water partition coefficient (Wildman–Crippen LogP) is 2.12. The Bertz CT molecular complexity index is 108. The van der Waals surface area contributed by atoms with E-state index in [-0.39, 0.29) is 11.8 Å². The third kappa shape index (κ3) is 4.06. The summed E-state index contributed by atoms with van der Waals surface area (Å²) in [6.07, 6.45) is -2.40. The van der Waals surface area contributed by atoms with Crippen molar-refractivity contribution in [2.24, 2.45) is 4.99 Å². The van der Waals surface area contributed by atoms with E-state index in [1.165, 1.54) is 6.92 Å². The molecule has 0 amide bonds. The molecule has 0 aromatic carbocycles. The second kappa shape index (κ2) is 3.54. The maximum Gasteiger partial charge on any atom is 0.275 e. The molecule has 3 heteroatoms. The SMILES string of the molecule is C/C(=N\C(C)C)C(F)F. The fourth-order valence-electron chi connectivity index (χ4n) is 0.464. The molecule has 0 bridgehead atoms. The Hall–Kier alpha value is -0.470. The summed E-state index contributed by atoms with van der Waals surface area (Å²) in [5.41, 5.74) is -0.0787. The average Bonchev–Trinajstić information content (AvgIpc) is 1.63. The molecule has 0 radical (unpaired) electrons. The normalized spacial score (nSPS) is 13.4. The molecule has 0 saturated heterocycles. The monoisotopic (exact) mass is 135 g/mol. The zero-order chi connectivity index (χ0) is 7.44. The van der Waals surface area contributed by atoms with Crippen molar-refractivity contribution in [2.45, 2.75) is 33.2 Å². The van der Waals surface area contributed by atoms with Crippen molar-refractivity contribution in [3.63, 3.8) is 0 Å². The van der Waals surface area contributed by atoms with Gasteiger partial charge < -0.3 is 0 Å².